The van der Waals surface area contributed by atoms with Gasteiger partial charge in [0.25, 0.3) is 0 Å². The zero-order valence-corrected chi connectivity index (χ0v) is 52.9. The third-order valence-electron chi connectivity index (χ3n) is 15.5. The van der Waals surface area contributed by atoms with E-state index < -0.39 is 6.10 Å². The largest absolute Gasteiger partial charge is 0.462 e. The van der Waals surface area contributed by atoms with Gasteiger partial charge in [0.15, 0.2) is 6.10 Å². The van der Waals surface area contributed by atoms with E-state index in [1.165, 1.54) is 231 Å². The summed E-state index contributed by atoms with van der Waals surface area (Å²) >= 11 is 0. The monoisotopic (exact) mass is 1110 g/mol. The summed E-state index contributed by atoms with van der Waals surface area (Å²) in [6.45, 7) is 6.57. The van der Waals surface area contributed by atoms with Gasteiger partial charge in [0.1, 0.15) is 13.2 Å². The maximum Gasteiger partial charge on any atom is 0.306 e. The van der Waals surface area contributed by atoms with Gasteiger partial charge < -0.3 is 14.2 Å². The van der Waals surface area contributed by atoms with Gasteiger partial charge >= 0.3 is 17.9 Å². The van der Waals surface area contributed by atoms with Crippen molar-refractivity contribution in [1.82, 2.24) is 0 Å². The van der Waals surface area contributed by atoms with E-state index >= 15 is 0 Å². The fourth-order valence-electron chi connectivity index (χ4n) is 10.3. The van der Waals surface area contributed by atoms with Gasteiger partial charge in [0.2, 0.25) is 0 Å². The minimum absolute atomic E-state index is 0.0765. The number of esters is 3. The van der Waals surface area contributed by atoms with Crippen LogP contribution in [-0.2, 0) is 28.6 Å². The van der Waals surface area contributed by atoms with Gasteiger partial charge in [0.05, 0.1) is 0 Å². The molecule has 1 unspecified atom stereocenters. The fourth-order valence-corrected chi connectivity index (χ4v) is 10.3. The smallest absolute Gasteiger partial charge is 0.306 e. The molecule has 0 aliphatic rings. The van der Waals surface area contributed by atoms with E-state index in [0.29, 0.717) is 19.3 Å². The lowest BCUT2D eigenvalue weighted by Crippen LogP contribution is -2.30. The standard InChI is InChI=1S/C73H132O6/c1-4-7-10-13-16-19-22-25-28-30-32-34-35-36-37-38-40-41-43-45-48-51-54-57-60-63-66-72(75)78-69-70(68-77-71(74)65-62-59-56-53-50-47-27-24-21-18-15-12-9-6-3)79-73(76)67-64-61-58-55-52-49-46-44-42-39-33-31-29-26-23-20-17-14-11-8-5-2/h8,11,17,20,24,26-27,29,33,39,70H,4-7,9-10,12-16,18-19,21-23,25,28,30-32,34-38,40-69H2,1-3H3/b11-8-,20-17-,27-24-,29-26-,39-33-. The van der Waals surface area contributed by atoms with Crippen LogP contribution < -0.4 is 0 Å². The highest BCUT2D eigenvalue weighted by atomic mass is 16.6. The maximum atomic E-state index is 12.9. The molecule has 460 valence electrons. The second kappa shape index (κ2) is 67.6. The Labute approximate surface area is 491 Å². The first-order valence-electron chi connectivity index (χ1n) is 34.8. The lowest BCUT2D eigenvalue weighted by Gasteiger charge is -2.18. The first kappa shape index (κ1) is 76.1. The van der Waals surface area contributed by atoms with Gasteiger partial charge in [0, 0.05) is 19.3 Å². The van der Waals surface area contributed by atoms with Crippen molar-refractivity contribution in [3.05, 3.63) is 60.8 Å². The van der Waals surface area contributed by atoms with Gasteiger partial charge in [-0.15, -0.1) is 0 Å². The highest BCUT2D eigenvalue weighted by Crippen LogP contribution is 2.18. The highest BCUT2D eigenvalue weighted by Gasteiger charge is 2.19. The number of hydrogen-bond acceptors (Lipinski definition) is 6. The van der Waals surface area contributed by atoms with Gasteiger partial charge in [-0.3, -0.25) is 14.4 Å². The lowest BCUT2D eigenvalue weighted by molar-refractivity contribution is -0.167. The van der Waals surface area contributed by atoms with Crippen LogP contribution in [0.2, 0.25) is 0 Å². The molecule has 6 nitrogen and oxygen atoms in total. The van der Waals surface area contributed by atoms with Crippen LogP contribution in [0, 0.1) is 0 Å². The summed E-state index contributed by atoms with van der Waals surface area (Å²) in [4.78, 5) is 38.4. The van der Waals surface area contributed by atoms with E-state index in [4.69, 9.17) is 14.2 Å². The third-order valence-corrected chi connectivity index (χ3v) is 15.5. The fraction of sp³-hybridized carbons (Fsp3) is 0.822. The van der Waals surface area contributed by atoms with Crippen LogP contribution in [0.15, 0.2) is 60.8 Å². The molecule has 6 heteroatoms. The molecular weight excluding hydrogens is 973 g/mol. The van der Waals surface area contributed by atoms with E-state index in [0.717, 1.165) is 96.3 Å². The molecule has 0 bridgehead atoms. The van der Waals surface area contributed by atoms with Crippen LogP contribution >= 0.6 is 0 Å². The summed E-state index contributed by atoms with van der Waals surface area (Å²) in [6, 6.07) is 0. The van der Waals surface area contributed by atoms with Crippen molar-refractivity contribution >= 4 is 17.9 Å². The lowest BCUT2D eigenvalue weighted by atomic mass is 10.0. The average molecular weight is 1110 g/mol. The highest BCUT2D eigenvalue weighted by molar-refractivity contribution is 5.71. The summed E-state index contributed by atoms with van der Waals surface area (Å²) < 4.78 is 17.0. The molecule has 0 N–H and O–H groups in total. The third kappa shape index (κ3) is 65.8. The minimum atomic E-state index is -0.782. The van der Waals surface area contributed by atoms with Crippen LogP contribution in [0.4, 0.5) is 0 Å². The Bertz CT molecular complexity index is 1410. The summed E-state index contributed by atoms with van der Waals surface area (Å²) in [7, 11) is 0. The molecule has 1 atom stereocenters. The molecule has 0 aliphatic heterocycles. The maximum absolute atomic E-state index is 12.9. The predicted molar refractivity (Wildman–Crippen MR) is 344 cm³/mol. The van der Waals surface area contributed by atoms with Crippen LogP contribution in [-0.4, -0.2) is 37.2 Å². The molecule has 0 aromatic heterocycles. The molecule has 0 aromatic rings. The van der Waals surface area contributed by atoms with E-state index in [9.17, 15) is 14.4 Å². The summed E-state index contributed by atoms with van der Waals surface area (Å²) in [5, 5.41) is 0. The average Bonchev–Trinajstić information content (AvgIpc) is 3.45. The molecule has 79 heavy (non-hydrogen) atoms. The summed E-state index contributed by atoms with van der Waals surface area (Å²) in [6.07, 6.45) is 86.8. The van der Waals surface area contributed by atoms with Gasteiger partial charge in [-0.1, -0.05) is 326 Å². The number of allylic oxidation sites excluding steroid dienone is 10. The van der Waals surface area contributed by atoms with Gasteiger partial charge in [-0.05, 0) is 83.5 Å². The molecule has 0 saturated carbocycles. The van der Waals surface area contributed by atoms with Crippen molar-refractivity contribution < 1.29 is 28.6 Å². The molecular formula is C73H132O6. The SMILES string of the molecule is CC/C=C\C/C=C\C/C=C\C/C=C\CCCCCCCCCCC(=O)OC(COC(=O)CCCCCCC/C=C\CCCCCCC)COC(=O)CCCCCCCCCCCCCCCCCCCCCCCCCCCC. The Morgan fingerprint density at radius 2 is 0.494 bits per heavy atom. The second-order valence-electron chi connectivity index (χ2n) is 23.4. The molecule has 0 saturated heterocycles. The van der Waals surface area contributed by atoms with Crippen molar-refractivity contribution in [3.8, 4) is 0 Å². The van der Waals surface area contributed by atoms with E-state index in [1.54, 1.807) is 0 Å². The van der Waals surface area contributed by atoms with Crippen molar-refractivity contribution in [2.45, 2.75) is 374 Å². The summed E-state index contributed by atoms with van der Waals surface area (Å²) in [5.41, 5.74) is 0. The van der Waals surface area contributed by atoms with E-state index in [2.05, 4.69) is 81.5 Å². The Hall–Kier alpha value is -2.89. The van der Waals surface area contributed by atoms with Crippen LogP contribution in [0.25, 0.3) is 0 Å². The molecule has 0 radical (unpaired) electrons. The molecule has 0 spiro atoms. The summed E-state index contributed by atoms with van der Waals surface area (Å²) in [5.74, 6) is -0.871. The van der Waals surface area contributed by atoms with Crippen molar-refractivity contribution in [2.75, 3.05) is 13.2 Å². The van der Waals surface area contributed by atoms with Crippen molar-refractivity contribution in [1.29, 1.82) is 0 Å². The Kier molecular flexibility index (Phi) is 65.1. The molecule has 0 rings (SSSR count). The molecule has 0 aromatic carbocycles. The van der Waals surface area contributed by atoms with Crippen molar-refractivity contribution in [3.63, 3.8) is 0 Å². The van der Waals surface area contributed by atoms with Gasteiger partial charge in [-0.2, -0.15) is 0 Å². The first-order chi connectivity index (χ1) is 39.0. The van der Waals surface area contributed by atoms with Crippen molar-refractivity contribution in [2.24, 2.45) is 0 Å². The van der Waals surface area contributed by atoms with Crippen LogP contribution in [0.3, 0.4) is 0 Å². The number of carbonyl (C=O) groups is 3. The number of carbonyl (C=O) groups excluding carboxylic acids is 3. The van der Waals surface area contributed by atoms with E-state index in [1.807, 2.05) is 0 Å². The number of hydrogen-bond donors (Lipinski definition) is 0. The number of ether oxygens (including phenoxy) is 3. The molecule has 0 fully saturated rings. The zero-order valence-electron chi connectivity index (χ0n) is 52.9. The molecule has 0 amide bonds. The Balaban J connectivity index is 4.27. The second-order valence-corrected chi connectivity index (χ2v) is 23.4. The zero-order chi connectivity index (χ0) is 57.1. The number of unbranched alkanes of at least 4 members (excludes halogenated alkanes) is 43. The van der Waals surface area contributed by atoms with Crippen LogP contribution in [0.1, 0.15) is 367 Å². The van der Waals surface area contributed by atoms with Crippen LogP contribution in [0.5, 0.6) is 0 Å². The predicted octanol–water partition coefficient (Wildman–Crippen LogP) is 23.9. The Morgan fingerprint density at radius 3 is 0.785 bits per heavy atom. The molecule has 0 aliphatic carbocycles. The van der Waals surface area contributed by atoms with E-state index in [-0.39, 0.29) is 31.1 Å². The molecule has 0 heterocycles. The quantitative estimate of drug-likeness (QED) is 0.0261. The first-order valence-corrected chi connectivity index (χ1v) is 34.8. The Morgan fingerprint density at radius 1 is 0.266 bits per heavy atom. The normalized spacial score (nSPS) is 12.4. The van der Waals surface area contributed by atoms with Gasteiger partial charge in [-0.25, -0.2) is 0 Å². The topological polar surface area (TPSA) is 78.9 Å². The minimum Gasteiger partial charge on any atom is -0.462 e. The number of rotatable bonds is 64.